The van der Waals surface area contributed by atoms with Gasteiger partial charge in [-0.15, -0.1) is 5.10 Å². The topological polar surface area (TPSA) is 53.1 Å². The fourth-order valence-corrected chi connectivity index (χ4v) is 1.31. The fourth-order valence-electron chi connectivity index (χ4n) is 1.18. The predicted molar refractivity (Wildman–Crippen MR) is 59.1 cm³/mol. The van der Waals surface area contributed by atoms with Crippen molar-refractivity contribution in [2.75, 3.05) is 5.73 Å². The highest BCUT2D eigenvalue weighted by atomic mass is 35.5. The maximum Gasteiger partial charge on any atom is 0.261 e. The second kappa shape index (κ2) is 3.82. The molecule has 4 nitrogen and oxygen atoms in total. The molecule has 0 aliphatic rings. The summed E-state index contributed by atoms with van der Waals surface area (Å²) in [4.78, 5) is 0. The Morgan fingerprint density at radius 2 is 2.00 bits per heavy atom. The van der Waals surface area contributed by atoms with Crippen LogP contribution in [-0.4, -0.2) is 9.78 Å². The standard InChI is InChI=1S/C10H10ClN3O/c1-14-6-9(12)10(13-14)15-8-4-2-7(11)3-5-8/h2-6H,12H2,1H3. The number of nitrogens with two attached hydrogens (primary N) is 1. The number of hydrogen-bond acceptors (Lipinski definition) is 3. The number of rotatable bonds is 2. The Morgan fingerprint density at radius 1 is 1.33 bits per heavy atom. The van der Waals surface area contributed by atoms with E-state index in [9.17, 15) is 0 Å². The number of benzene rings is 1. The Balaban J connectivity index is 2.21. The van der Waals surface area contributed by atoms with Gasteiger partial charge in [-0.05, 0) is 24.3 Å². The Kier molecular flexibility index (Phi) is 2.51. The summed E-state index contributed by atoms with van der Waals surface area (Å²) < 4.78 is 7.07. The summed E-state index contributed by atoms with van der Waals surface area (Å²) in [6.45, 7) is 0. The van der Waals surface area contributed by atoms with E-state index in [4.69, 9.17) is 22.1 Å². The number of aryl methyl sites for hydroxylation is 1. The molecule has 1 aromatic heterocycles. The first-order valence-electron chi connectivity index (χ1n) is 4.37. The van der Waals surface area contributed by atoms with Crippen molar-refractivity contribution in [2.24, 2.45) is 7.05 Å². The summed E-state index contributed by atoms with van der Waals surface area (Å²) in [5, 5.41) is 4.73. The van der Waals surface area contributed by atoms with Crippen molar-refractivity contribution in [1.29, 1.82) is 0 Å². The lowest BCUT2D eigenvalue weighted by Crippen LogP contribution is -1.90. The van der Waals surface area contributed by atoms with E-state index in [2.05, 4.69) is 5.10 Å². The Hall–Kier alpha value is -1.68. The number of nitrogen functional groups attached to an aromatic ring is 1. The van der Waals surface area contributed by atoms with E-state index in [1.807, 2.05) is 0 Å². The number of nitrogens with zero attached hydrogens (tertiary/aromatic N) is 2. The SMILES string of the molecule is Cn1cc(N)c(Oc2ccc(Cl)cc2)n1. The third-order valence-corrected chi connectivity index (χ3v) is 2.10. The van der Waals surface area contributed by atoms with Crippen LogP contribution >= 0.6 is 11.6 Å². The molecule has 0 aliphatic carbocycles. The lowest BCUT2D eigenvalue weighted by Gasteiger charge is -2.02. The molecule has 1 heterocycles. The molecule has 0 spiro atoms. The minimum absolute atomic E-state index is 0.403. The zero-order chi connectivity index (χ0) is 10.8. The van der Waals surface area contributed by atoms with Crippen LogP contribution in [0, 0.1) is 0 Å². The van der Waals surface area contributed by atoms with Gasteiger partial charge in [-0.2, -0.15) is 0 Å². The third kappa shape index (κ3) is 2.22. The zero-order valence-corrected chi connectivity index (χ0v) is 8.90. The number of aromatic nitrogens is 2. The Labute approximate surface area is 92.2 Å². The summed E-state index contributed by atoms with van der Waals surface area (Å²) in [6, 6.07) is 7.01. The fraction of sp³-hybridized carbons (Fsp3) is 0.100. The van der Waals surface area contributed by atoms with Crippen molar-refractivity contribution < 1.29 is 4.74 Å². The molecule has 0 unspecified atom stereocenters. The normalized spacial score (nSPS) is 10.3. The van der Waals surface area contributed by atoms with Gasteiger partial charge in [-0.3, -0.25) is 4.68 Å². The molecule has 2 rings (SSSR count). The molecule has 0 fully saturated rings. The molecule has 0 atom stereocenters. The van der Waals surface area contributed by atoms with Crippen molar-refractivity contribution in [2.45, 2.75) is 0 Å². The monoisotopic (exact) mass is 223 g/mol. The molecule has 0 saturated carbocycles. The summed E-state index contributed by atoms with van der Waals surface area (Å²) in [7, 11) is 1.78. The van der Waals surface area contributed by atoms with Crippen LogP contribution < -0.4 is 10.5 Å². The number of halogens is 1. The molecular formula is C10H10ClN3O. The average molecular weight is 224 g/mol. The average Bonchev–Trinajstić information content (AvgIpc) is 2.49. The van der Waals surface area contributed by atoms with Gasteiger partial charge < -0.3 is 10.5 Å². The smallest absolute Gasteiger partial charge is 0.261 e. The lowest BCUT2D eigenvalue weighted by atomic mass is 10.3. The van der Waals surface area contributed by atoms with E-state index in [-0.39, 0.29) is 0 Å². The van der Waals surface area contributed by atoms with Crippen molar-refractivity contribution in [3.63, 3.8) is 0 Å². The predicted octanol–water partition coefficient (Wildman–Crippen LogP) is 2.45. The summed E-state index contributed by atoms with van der Waals surface area (Å²) in [5.41, 5.74) is 6.19. The minimum atomic E-state index is 0.403. The Morgan fingerprint density at radius 3 is 2.53 bits per heavy atom. The third-order valence-electron chi connectivity index (χ3n) is 1.85. The van der Waals surface area contributed by atoms with Gasteiger partial charge >= 0.3 is 0 Å². The maximum absolute atomic E-state index is 5.75. The summed E-state index contributed by atoms with van der Waals surface area (Å²) >= 11 is 5.75. The van der Waals surface area contributed by atoms with Gasteiger partial charge in [0.25, 0.3) is 5.88 Å². The lowest BCUT2D eigenvalue weighted by molar-refractivity contribution is 0.456. The van der Waals surface area contributed by atoms with Crippen LogP contribution in [0.5, 0.6) is 11.6 Å². The summed E-state index contributed by atoms with van der Waals surface area (Å²) in [6.07, 6.45) is 1.69. The number of hydrogen-bond donors (Lipinski definition) is 1. The van der Waals surface area contributed by atoms with E-state index in [0.717, 1.165) is 0 Å². The van der Waals surface area contributed by atoms with Gasteiger partial charge in [0, 0.05) is 12.1 Å². The number of ether oxygens (including phenoxy) is 1. The first-order valence-corrected chi connectivity index (χ1v) is 4.75. The van der Waals surface area contributed by atoms with Gasteiger partial charge in [0.05, 0.1) is 6.20 Å². The van der Waals surface area contributed by atoms with E-state index in [0.29, 0.717) is 22.3 Å². The van der Waals surface area contributed by atoms with E-state index >= 15 is 0 Å². The van der Waals surface area contributed by atoms with Gasteiger partial charge in [0.2, 0.25) is 0 Å². The van der Waals surface area contributed by atoms with Gasteiger partial charge in [-0.1, -0.05) is 11.6 Å². The highest BCUT2D eigenvalue weighted by Gasteiger charge is 2.06. The Bertz CT molecular complexity index is 464. The molecule has 0 saturated heterocycles. The molecule has 78 valence electrons. The van der Waals surface area contributed by atoms with Gasteiger partial charge in [0.15, 0.2) is 0 Å². The second-order valence-corrected chi connectivity index (χ2v) is 3.56. The first kappa shape index (κ1) is 9.86. The largest absolute Gasteiger partial charge is 0.436 e. The van der Waals surface area contributed by atoms with E-state index in [1.54, 1.807) is 42.2 Å². The molecule has 5 heteroatoms. The molecule has 15 heavy (non-hydrogen) atoms. The van der Waals surface area contributed by atoms with Crippen LogP contribution in [0.25, 0.3) is 0 Å². The highest BCUT2D eigenvalue weighted by molar-refractivity contribution is 6.30. The zero-order valence-electron chi connectivity index (χ0n) is 8.14. The van der Waals surface area contributed by atoms with Crippen molar-refractivity contribution in [3.8, 4) is 11.6 Å². The first-order chi connectivity index (χ1) is 7.15. The van der Waals surface area contributed by atoms with Crippen LogP contribution in [0.3, 0.4) is 0 Å². The molecule has 0 amide bonds. The van der Waals surface area contributed by atoms with Crippen LogP contribution in [0.2, 0.25) is 5.02 Å². The van der Waals surface area contributed by atoms with Crippen molar-refractivity contribution in [1.82, 2.24) is 9.78 Å². The molecule has 0 aliphatic heterocycles. The van der Waals surface area contributed by atoms with E-state index < -0.39 is 0 Å². The van der Waals surface area contributed by atoms with Crippen molar-refractivity contribution >= 4 is 17.3 Å². The van der Waals surface area contributed by atoms with Gasteiger partial charge in [-0.25, -0.2) is 0 Å². The van der Waals surface area contributed by atoms with Crippen molar-refractivity contribution in [3.05, 3.63) is 35.5 Å². The molecular weight excluding hydrogens is 214 g/mol. The number of anilines is 1. The molecule has 0 bridgehead atoms. The van der Waals surface area contributed by atoms with Crippen LogP contribution in [0.1, 0.15) is 0 Å². The quantitative estimate of drug-likeness (QED) is 0.851. The second-order valence-electron chi connectivity index (χ2n) is 3.12. The van der Waals surface area contributed by atoms with Crippen LogP contribution in [0.4, 0.5) is 5.69 Å². The van der Waals surface area contributed by atoms with Crippen LogP contribution in [-0.2, 0) is 7.05 Å². The van der Waals surface area contributed by atoms with Crippen LogP contribution in [0.15, 0.2) is 30.5 Å². The minimum Gasteiger partial charge on any atom is -0.436 e. The molecule has 2 aromatic rings. The summed E-state index contributed by atoms with van der Waals surface area (Å²) in [5.74, 6) is 1.06. The molecule has 0 radical (unpaired) electrons. The van der Waals surface area contributed by atoms with E-state index in [1.165, 1.54) is 0 Å². The van der Waals surface area contributed by atoms with Gasteiger partial charge in [0.1, 0.15) is 11.4 Å². The molecule has 2 N–H and O–H groups in total. The molecule has 1 aromatic carbocycles. The highest BCUT2D eigenvalue weighted by Crippen LogP contribution is 2.25. The maximum atomic E-state index is 5.75.